The van der Waals surface area contributed by atoms with Gasteiger partial charge in [-0.3, -0.25) is 19.4 Å². The maximum atomic E-state index is 14.3. The van der Waals surface area contributed by atoms with Crippen LogP contribution in [-0.2, 0) is 17.8 Å². The van der Waals surface area contributed by atoms with Crippen molar-refractivity contribution < 1.29 is 4.79 Å². The fraction of sp³-hybridized carbons (Fsp3) is 0.424. The van der Waals surface area contributed by atoms with Crippen LogP contribution in [-0.4, -0.2) is 67.3 Å². The number of benzene rings is 1. The zero-order chi connectivity index (χ0) is 31.4. The van der Waals surface area contributed by atoms with Gasteiger partial charge in [0.15, 0.2) is 0 Å². The number of hydrogen-bond acceptors (Lipinski definition) is 7. The molecular formula is C33H39ClN8O2. The van der Waals surface area contributed by atoms with Crippen LogP contribution < -0.4 is 15.5 Å². The van der Waals surface area contributed by atoms with Crippen molar-refractivity contribution in [3.05, 3.63) is 80.8 Å². The Hall–Kier alpha value is -4.18. The van der Waals surface area contributed by atoms with E-state index in [1.807, 2.05) is 44.0 Å². The predicted octanol–water partition coefficient (Wildman–Crippen LogP) is 5.07. The smallest absolute Gasteiger partial charge is 0.354 e. The molecule has 1 aromatic carbocycles. The highest BCUT2D eigenvalue weighted by Crippen LogP contribution is 2.40. The second kappa shape index (κ2) is 11.4. The van der Waals surface area contributed by atoms with E-state index >= 15 is 0 Å². The molecule has 1 fully saturated rings. The number of carbonyl (C=O) groups excluding carboxylic acids is 1. The van der Waals surface area contributed by atoms with Crippen molar-refractivity contribution in [2.75, 3.05) is 29.4 Å². The first-order valence-corrected chi connectivity index (χ1v) is 15.6. The van der Waals surface area contributed by atoms with E-state index in [1.165, 1.54) is 6.08 Å². The fourth-order valence-corrected chi connectivity index (χ4v) is 7.07. The van der Waals surface area contributed by atoms with Gasteiger partial charge in [-0.25, -0.2) is 4.79 Å². The van der Waals surface area contributed by atoms with E-state index in [1.54, 1.807) is 10.8 Å². The van der Waals surface area contributed by atoms with Gasteiger partial charge in [-0.1, -0.05) is 32.0 Å². The van der Waals surface area contributed by atoms with Crippen LogP contribution in [0.5, 0.6) is 0 Å². The first-order valence-electron chi connectivity index (χ1n) is 15.2. The van der Waals surface area contributed by atoms with Crippen LogP contribution in [0.1, 0.15) is 61.7 Å². The summed E-state index contributed by atoms with van der Waals surface area (Å²) in [7, 11) is 0. The SMILES string of the molecule is C=CC(=O)N1C[C@H](C)N(c2nc(=O)n(-c3c(C)ccnc3C(C)C)c3c2CCN(c2c(Cl)c(C)cc4[nH]ncc24)C3)C[C@H]1C. The number of nitrogens with one attached hydrogen (secondary N) is 1. The Kier molecular flexibility index (Phi) is 7.73. The first-order chi connectivity index (χ1) is 21.0. The van der Waals surface area contributed by atoms with Crippen molar-refractivity contribution in [1.29, 1.82) is 0 Å². The number of hydrogen-bond donors (Lipinski definition) is 1. The molecule has 44 heavy (non-hydrogen) atoms. The van der Waals surface area contributed by atoms with Gasteiger partial charge in [0.1, 0.15) is 5.82 Å². The van der Waals surface area contributed by atoms with Crippen LogP contribution in [0.3, 0.4) is 0 Å². The third-order valence-corrected chi connectivity index (χ3v) is 9.53. The lowest BCUT2D eigenvalue weighted by atomic mass is 9.98. The van der Waals surface area contributed by atoms with Crippen molar-refractivity contribution >= 4 is 39.9 Å². The molecule has 0 saturated carbocycles. The van der Waals surface area contributed by atoms with Crippen molar-refractivity contribution in [1.82, 2.24) is 29.6 Å². The molecule has 5 heterocycles. The van der Waals surface area contributed by atoms with Gasteiger partial charge in [-0.2, -0.15) is 10.1 Å². The maximum absolute atomic E-state index is 14.3. The van der Waals surface area contributed by atoms with Gasteiger partial charge >= 0.3 is 5.69 Å². The van der Waals surface area contributed by atoms with Crippen LogP contribution in [0.4, 0.5) is 11.5 Å². The van der Waals surface area contributed by atoms with Gasteiger partial charge in [0.25, 0.3) is 0 Å². The molecule has 2 aliphatic rings. The number of fused-ring (bicyclic) bond motifs is 2. The minimum absolute atomic E-state index is 0.0388. The average Bonchev–Trinajstić information content (AvgIpc) is 3.45. The predicted molar refractivity (Wildman–Crippen MR) is 175 cm³/mol. The zero-order valence-corrected chi connectivity index (χ0v) is 26.9. The monoisotopic (exact) mass is 614 g/mol. The van der Waals surface area contributed by atoms with Gasteiger partial charge in [0.2, 0.25) is 5.91 Å². The number of aromatic amines is 1. The minimum atomic E-state index is -0.341. The Morgan fingerprint density at radius 1 is 1.16 bits per heavy atom. The Morgan fingerprint density at radius 2 is 1.93 bits per heavy atom. The summed E-state index contributed by atoms with van der Waals surface area (Å²) in [5.41, 5.74) is 6.95. The van der Waals surface area contributed by atoms with Gasteiger partial charge < -0.3 is 14.7 Å². The largest absolute Gasteiger partial charge is 0.364 e. The molecule has 0 radical (unpaired) electrons. The molecule has 10 nitrogen and oxygen atoms in total. The molecule has 230 valence electrons. The highest BCUT2D eigenvalue weighted by Gasteiger charge is 2.36. The number of aryl methyl sites for hydroxylation is 2. The molecule has 11 heteroatoms. The highest BCUT2D eigenvalue weighted by molar-refractivity contribution is 6.35. The summed E-state index contributed by atoms with van der Waals surface area (Å²) >= 11 is 6.99. The number of piperazine rings is 1. The number of nitrogens with zero attached hydrogens (tertiary/aromatic N) is 7. The molecule has 0 aliphatic carbocycles. The van der Waals surface area contributed by atoms with Crippen molar-refractivity contribution in [2.45, 2.75) is 72.5 Å². The van der Waals surface area contributed by atoms with E-state index < -0.39 is 0 Å². The fourth-order valence-electron chi connectivity index (χ4n) is 6.80. The van der Waals surface area contributed by atoms with Gasteiger partial charge in [0, 0.05) is 48.9 Å². The summed E-state index contributed by atoms with van der Waals surface area (Å²) < 4.78 is 1.78. The lowest BCUT2D eigenvalue weighted by molar-refractivity contribution is -0.128. The van der Waals surface area contributed by atoms with E-state index in [0.717, 1.165) is 50.4 Å². The first kappa shape index (κ1) is 29.9. The Morgan fingerprint density at radius 3 is 2.66 bits per heavy atom. The van der Waals surface area contributed by atoms with E-state index in [4.69, 9.17) is 21.6 Å². The summed E-state index contributed by atoms with van der Waals surface area (Å²) in [6.07, 6.45) is 5.64. The summed E-state index contributed by atoms with van der Waals surface area (Å²) in [4.78, 5) is 42.7. The molecule has 1 amide bonds. The van der Waals surface area contributed by atoms with E-state index in [-0.39, 0.29) is 29.6 Å². The van der Waals surface area contributed by atoms with Crippen LogP contribution in [0.25, 0.3) is 16.6 Å². The molecule has 2 atom stereocenters. The second-order valence-electron chi connectivity index (χ2n) is 12.4. The second-order valence-corrected chi connectivity index (χ2v) is 12.8. The number of aromatic nitrogens is 5. The van der Waals surface area contributed by atoms with E-state index in [0.29, 0.717) is 43.4 Å². The number of H-pyrrole nitrogens is 1. The Labute approximate surface area is 262 Å². The molecular weight excluding hydrogens is 576 g/mol. The number of carbonyl (C=O) groups is 1. The summed E-state index contributed by atoms with van der Waals surface area (Å²) in [5, 5.41) is 9.00. The number of amides is 1. The third-order valence-electron chi connectivity index (χ3n) is 9.05. The normalized spacial score (nSPS) is 18.7. The molecule has 6 rings (SSSR count). The van der Waals surface area contributed by atoms with Crippen molar-refractivity contribution in [3.63, 3.8) is 0 Å². The highest BCUT2D eigenvalue weighted by atomic mass is 35.5. The summed E-state index contributed by atoms with van der Waals surface area (Å²) in [5.74, 6) is 0.709. The standard InChI is InChI=1S/C33H39ClN8O2/c1-8-27(43)40-15-22(7)41(16-21(40)6)32-23-10-12-39(31-24-14-36-38-25(24)13-20(5)28(31)34)17-26(23)42(33(44)37-32)30-19(4)9-11-35-29(30)18(2)3/h8-9,11,13-14,18,21-22H,1,10,12,15-17H2,2-7H3,(H,36,38)/t21-,22+/m1/s1. The average molecular weight is 615 g/mol. The van der Waals surface area contributed by atoms with Crippen LogP contribution >= 0.6 is 11.6 Å². The molecule has 1 N–H and O–H groups in total. The number of halogens is 1. The molecule has 1 saturated heterocycles. The molecule has 0 unspecified atom stereocenters. The minimum Gasteiger partial charge on any atom is -0.364 e. The third kappa shape index (κ3) is 4.85. The van der Waals surface area contributed by atoms with Crippen LogP contribution in [0.2, 0.25) is 5.02 Å². The maximum Gasteiger partial charge on any atom is 0.354 e. The Balaban J connectivity index is 1.55. The van der Waals surface area contributed by atoms with Crippen LogP contribution in [0.15, 0.2) is 42.0 Å². The zero-order valence-electron chi connectivity index (χ0n) is 26.2. The van der Waals surface area contributed by atoms with E-state index in [2.05, 4.69) is 47.3 Å². The van der Waals surface area contributed by atoms with Gasteiger partial charge in [0.05, 0.1) is 46.0 Å². The van der Waals surface area contributed by atoms with Crippen molar-refractivity contribution in [3.8, 4) is 5.69 Å². The summed E-state index contributed by atoms with van der Waals surface area (Å²) in [6.45, 7) is 18.2. The molecule has 0 spiro atoms. The van der Waals surface area contributed by atoms with Crippen LogP contribution in [0, 0.1) is 13.8 Å². The summed E-state index contributed by atoms with van der Waals surface area (Å²) in [6, 6.07) is 3.85. The molecule has 0 bridgehead atoms. The lowest BCUT2D eigenvalue weighted by Gasteiger charge is -2.45. The number of pyridine rings is 1. The Bertz CT molecular complexity index is 1840. The lowest BCUT2D eigenvalue weighted by Crippen LogP contribution is -2.58. The van der Waals surface area contributed by atoms with Crippen molar-refractivity contribution in [2.24, 2.45) is 0 Å². The quantitative estimate of drug-likeness (QED) is 0.313. The van der Waals surface area contributed by atoms with Gasteiger partial charge in [-0.15, -0.1) is 0 Å². The molecule has 3 aromatic heterocycles. The number of anilines is 2. The van der Waals surface area contributed by atoms with E-state index in [9.17, 15) is 9.59 Å². The topological polar surface area (TPSA) is 103 Å². The molecule has 2 aliphatic heterocycles. The molecule has 4 aromatic rings. The van der Waals surface area contributed by atoms with Gasteiger partial charge in [-0.05, 0) is 69.4 Å². The number of rotatable bonds is 5.